The van der Waals surface area contributed by atoms with Gasteiger partial charge in [-0.25, -0.2) is 9.97 Å². The number of halogens is 1. The van der Waals surface area contributed by atoms with E-state index in [9.17, 15) is 14.7 Å². The molecule has 2 atom stereocenters. The van der Waals surface area contributed by atoms with Crippen molar-refractivity contribution in [3.05, 3.63) is 77.0 Å². The first-order chi connectivity index (χ1) is 17.5. The average Bonchev–Trinajstić information content (AvgIpc) is 3.35. The number of fused-ring (bicyclic) bond motifs is 1. The minimum atomic E-state index is -0.311. The maximum absolute atomic E-state index is 13.5. The lowest BCUT2D eigenvalue weighted by molar-refractivity contribution is -0.0224. The van der Waals surface area contributed by atoms with Crippen molar-refractivity contribution in [1.82, 2.24) is 19.9 Å². The van der Waals surface area contributed by atoms with Gasteiger partial charge in [0.25, 0.3) is 5.91 Å². The van der Waals surface area contributed by atoms with Crippen LogP contribution in [0.4, 0.5) is 11.5 Å². The lowest BCUT2D eigenvalue weighted by Crippen LogP contribution is -2.36. The van der Waals surface area contributed by atoms with Crippen molar-refractivity contribution in [3.8, 4) is 0 Å². The fraction of sp³-hybridized carbons (Fsp3) is 0.240. The lowest BCUT2D eigenvalue weighted by atomic mass is 10.0. The average molecular weight is 507 g/mol. The van der Waals surface area contributed by atoms with Crippen molar-refractivity contribution in [3.63, 3.8) is 0 Å². The molecule has 0 spiro atoms. The number of aliphatic hydroxyl groups excluding tert-OH is 1. The maximum Gasteiger partial charge on any atom is 0.255 e. The van der Waals surface area contributed by atoms with Gasteiger partial charge < -0.3 is 25.5 Å². The fourth-order valence-corrected chi connectivity index (χ4v) is 4.40. The van der Waals surface area contributed by atoms with Crippen molar-refractivity contribution in [2.24, 2.45) is 0 Å². The van der Waals surface area contributed by atoms with E-state index in [1.807, 2.05) is 0 Å². The summed E-state index contributed by atoms with van der Waals surface area (Å²) in [4.78, 5) is 41.4. The predicted molar refractivity (Wildman–Crippen MR) is 134 cm³/mol. The summed E-state index contributed by atoms with van der Waals surface area (Å²) in [5.41, 5.74) is 2.07. The number of aromatic amines is 1. The number of ketones is 1. The number of nitrogens with one attached hydrogen (secondary N) is 3. The number of ether oxygens (including phenoxy) is 1. The largest absolute Gasteiger partial charge is 0.394 e. The molecule has 11 heteroatoms. The molecule has 1 saturated heterocycles. The number of hydrogen-bond donors (Lipinski definition) is 4. The minimum Gasteiger partial charge on any atom is -0.394 e. The van der Waals surface area contributed by atoms with Gasteiger partial charge in [-0.2, -0.15) is 0 Å². The van der Waals surface area contributed by atoms with E-state index in [-0.39, 0.29) is 41.0 Å². The highest BCUT2D eigenvalue weighted by atomic mass is 35.5. The monoisotopic (exact) mass is 506 g/mol. The molecule has 1 fully saturated rings. The summed E-state index contributed by atoms with van der Waals surface area (Å²) in [6.45, 7) is 0.414. The van der Waals surface area contributed by atoms with E-state index in [1.54, 1.807) is 30.5 Å². The molecule has 1 aliphatic rings. The number of nitrogens with zero attached hydrogens (tertiary/aromatic N) is 3. The molecule has 3 aromatic heterocycles. The second-order valence-corrected chi connectivity index (χ2v) is 8.83. The lowest BCUT2D eigenvalue weighted by Gasteiger charge is -2.29. The zero-order valence-electron chi connectivity index (χ0n) is 19.1. The Kier molecular flexibility index (Phi) is 6.90. The normalized spacial score (nSPS) is 17.6. The van der Waals surface area contributed by atoms with Crippen LogP contribution in [0.2, 0.25) is 5.02 Å². The highest BCUT2D eigenvalue weighted by Crippen LogP contribution is 2.30. The van der Waals surface area contributed by atoms with Gasteiger partial charge in [-0.1, -0.05) is 11.6 Å². The number of carbonyl (C=O) groups excluding carboxylic acids is 2. The Hall–Kier alpha value is -3.86. The number of anilines is 2. The second-order valence-electron chi connectivity index (χ2n) is 8.42. The summed E-state index contributed by atoms with van der Waals surface area (Å²) in [7, 11) is 0. The van der Waals surface area contributed by atoms with Gasteiger partial charge in [0, 0.05) is 35.4 Å². The van der Waals surface area contributed by atoms with Crippen LogP contribution in [0, 0.1) is 0 Å². The van der Waals surface area contributed by atoms with E-state index >= 15 is 0 Å². The van der Waals surface area contributed by atoms with E-state index in [0.29, 0.717) is 40.3 Å². The zero-order chi connectivity index (χ0) is 25.1. The summed E-state index contributed by atoms with van der Waals surface area (Å²) in [6.07, 6.45) is 7.43. The van der Waals surface area contributed by atoms with Crippen LogP contribution in [0.5, 0.6) is 0 Å². The van der Waals surface area contributed by atoms with E-state index in [2.05, 4.69) is 30.6 Å². The number of benzene rings is 1. The van der Waals surface area contributed by atoms with Crippen LogP contribution in [0.25, 0.3) is 11.0 Å². The van der Waals surface area contributed by atoms with Gasteiger partial charge >= 0.3 is 0 Å². The molecule has 0 aliphatic carbocycles. The number of pyridine rings is 1. The minimum absolute atomic E-state index is 0.00605. The molecule has 1 amide bonds. The third-order valence-corrected chi connectivity index (χ3v) is 6.36. The van der Waals surface area contributed by atoms with Gasteiger partial charge in [0.1, 0.15) is 17.8 Å². The number of aliphatic hydroxyl groups is 1. The number of H-pyrrole nitrogens is 1. The second kappa shape index (κ2) is 10.4. The maximum atomic E-state index is 13.5. The van der Waals surface area contributed by atoms with Crippen LogP contribution in [0.1, 0.15) is 39.1 Å². The third kappa shape index (κ3) is 4.92. The molecule has 0 saturated carbocycles. The summed E-state index contributed by atoms with van der Waals surface area (Å²) in [5.74, 6) is -0.108. The number of hydrogen-bond acceptors (Lipinski definition) is 8. The first kappa shape index (κ1) is 23.9. The topological polar surface area (TPSA) is 142 Å². The molecule has 0 unspecified atom stereocenters. The Labute approximate surface area is 211 Å². The SMILES string of the molecule is O=C(Nc1ccc(C(=O)c2c[nH]c3ncnc(N[C@@H]4CC[C@@H](CO)OC4)c23)c(Cl)c1)c1ccncc1. The highest BCUT2D eigenvalue weighted by Gasteiger charge is 2.25. The standard InChI is InChI=1S/C25H23ClN6O4/c26-20-9-15(32-25(35)14-5-7-27-8-6-14)2-4-18(20)22(34)19-10-28-23-21(19)24(30-13-29-23)31-16-1-3-17(11-33)36-12-16/h2,4-10,13,16-17,33H,1,3,11-12H2,(H,32,35)(H2,28,29,30,31)/t16-,17+/m1/s1. The summed E-state index contributed by atoms with van der Waals surface area (Å²) < 4.78 is 5.65. The van der Waals surface area contributed by atoms with Gasteiger partial charge in [0.15, 0.2) is 5.78 Å². The van der Waals surface area contributed by atoms with Crippen LogP contribution in [0.15, 0.2) is 55.2 Å². The Morgan fingerprint density at radius 2 is 1.97 bits per heavy atom. The van der Waals surface area contributed by atoms with Crippen LogP contribution in [-0.4, -0.2) is 62.1 Å². The third-order valence-electron chi connectivity index (χ3n) is 6.04. The van der Waals surface area contributed by atoms with Gasteiger partial charge in [-0.05, 0) is 43.2 Å². The summed E-state index contributed by atoms with van der Waals surface area (Å²) in [6, 6.07) is 7.92. The number of amides is 1. The molecule has 0 radical (unpaired) electrons. The molecule has 1 aromatic carbocycles. The smallest absolute Gasteiger partial charge is 0.255 e. The van der Waals surface area contributed by atoms with Crippen molar-refractivity contribution >= 4 is 45.8 Å². The summed E-state index contributed by atoms with van der Waals surface area (Å²) in [5, 5.41) is 16.1. The molecule has 4 N–H and O–H groups in total. The van der Waals surface area contributed by atoms with E-state index in [1.165, 1.54) is 24.8 Å². The molecule has 10 nitrogen and oxygen atoms in total. The number of rotatable bonds is 7. The quantitative estimate of drug-likeness (QED) is 0.279. The molecule has 4 heterocycles. The van der Waals surface area contributed by atoms with Gasteiger partial charge in [0.2, 0.25) is 0 Å². The van der Waals surface area contributed by atoms with Crippen molar-refractivity contribution in [1.29, 1.82) is 0 Å². The molecule has 0 bridgehead atoms. The first-order valence-corrected chi connectivity index (χ1v) is 11.8. The van der Waals surface area contributed by atoms with E-state index in [4.69, 9.17) is 16.3 Å². The molecule has 5 rings (SSSR count). The molecule has 36 heavy (non-hydrogen) atoms. The Morgan fingerprint density at radius 1 is 1.14 bits per heavy atom. The Balaban J connectivity index is 1.38. The van der Waals surface area contributed by atoms with Gasteiger partial charge in [-0.15, -0.1) is 0 Å². The molecular formula is C25H23ClN6O4. The first-order valence-electron chi connectivity index (χ1n) is 11.4. The van der Waals surface area contributed by atoms with Crippen LogP contribution < -0.4 is 10.6 Å². The molecular weight excluding hydrogens is 484 g/mol. The number of aromatic nitrogens is 4. The van der Waals surface area contributed by atoms with Crippen molar-refractivity contribution in [2.45, 2.75) is 25.0 Å². The summed E-state index contributed by atoms with van der Waals surface area (Å²) >= 11 is 6.47. The van der Waals surface area contributed by atoms with Gasteiger partial charge in [-0.3, -0.25) is 14.6 Å². The number of carbonyl (C=O) groups is 2. The van der Waals surface area contributed by atoms with E-state index < -0.39 is 0 Å². The van der Waals surface area contributed by atoms with Gasteiger partial charge in [0.05, 0.1) is 41.3 Å². The predicted octanol–water partition coefficient (Wildman–Crippen LogP) is 3.44. The molecule has 1 aliphatic heterocycles. The molecule has 184 valence electrons. The van der Waals surface area contributed by atoms with E-state index in [0.717, 1.165) is 12.8 Å². The zero-order valence-corrected chi connectivity index (χ0v) is 19.8. The molecule has 4 aromatic rings. The van der Waals surface area contributed by atoms with Crippen LogP contribution in [-0.2, 0) is 4.74 Å². The fourth-order valence-electron chi connectivity index (χ4n) is 4.14. The Morgan fingerprint density at radius 3 is 2.69 bits per heavy atom. The van der Waals surface area contributed by atoms with Crippen molar-refractivity contribution in [2.75, 3.05) is 23.8 Å². The van der Waals surface area contributed by atoms with Crippen LogP contribution in [0.3, 0.4) is 0 Å². The Bertz CT molecular complexity index is 1400. The van der Waals surface area contributed by atoms with Crippen molar-refractivity contribution < 1.29 is 19.4 Å². The van der Waals surface area contributed by atoms with Crippen LogP contribution >= 0.6 is 11.6 Å². The highest BCUT2D eigenvalue weighted by molar-refractivity contribution is 6.36.